The number of hydrogen-bond donors (Lipinski definition) is 1. The molecule has 1 saturated carbocycles. The van der Waals surface area contributed by atoms with E-state index in [1.54, 1.807) is 7.11 Å². The normalized spacial score (nSPS) is 17.3. The number of halogens is 1. The van der Waals surface area contributed by atoms with Crippen molar-refractivity contribution in [2.75, 3.05) is 13.7 Å². The third-order valence-corrected chi connectivity index (χ3v) is 4.10. The second kappa shape index (κ2) is 6.44. The zero-order valence-corrected chi connectivity index (χ0v) is 12.0. The molecule has 0 saturated heterocycles. The van der Waals surface area contributed by atoms with Crippen LogP contribution in [0.1, 0.15) is 31.7 Å². The average Bonchev–Trinajstić information content (AvgIpc) is 2.27. The fourth-order valence-electron chi connectivity index (χ4n) is 2.65. The lowest BCUT2D eigenvalue weighted by molar-refractivity contribution is 0.228. The molecule has 1 N–H and O–H groups in total. The number of rotatable bonds is 6. The second-order valence-electron chi connectivity index (χ2n) is 5.02. The maximum atomic E-state index is 6.09. The molecule has 2 rings (SSSR count). The van der Waals surface area contributed by atoms with E-state index in [2.05, 4.69) is 12.2 Å². The van der Waals surface area contributed by atoms with Crippen molar-refractivity contribution in [1.82, 2.24) is 5.32 Å². The van der Waals surface area contributed by atoms with Crippen LogP contribution in [0.4, 0.5) is 0 Å². The van der Waals surface area contributed by atoms with Gasteiger partial charge in [0.15, 0.2) is 0 Å². The van der Waals surface area contributed by atoms with Gasteiger partial charge in [0, 0.05) is 11.1 Å². The Hall–Kier alpha value is -0.730. The lowest BCUT2D eigenvalue weighted by Crippen LogP contribution is -2.41. The molecule has 1 atom stereocenters. The number of benzene rings is 1. The molecule has 18 heavy (non-hydrogen) atoms. The van der Waals surface area contributed by atoms with Crippen molar-refractivity contribution in [2.45, 2.75) is 38.6 Å². The van der Waals surface area contributed by atoms with Crippen LogP contribution in [0.5, 0.6) is 5.75 Å². The van der Waals surface area contributed by atoms with Gasteiger partial charge in [-0.25, -0.2) is 0 Å². The Morgan fingerprint density at radius 1 is 1.44 bits per heavy atom. The lowest BCUT2D eigenvalue weighted by Gasteiger charge is -2.34. The molecular formula is C15H22ClNO. The van der Waals surface area contributed by atoms with Gasteiger partial charge in [0.25, 0.3) is 0 Å². The van der Waals surface area contributed by atoms with Gasteiger partial charge in [-0.15, -0.1) is 0 Å². The van der Waals surface area contributed by atoms with Crippen LogP contribution in [0.25, 0.3) is 0 Å². The molecule has 1 unspecified atom stereocenters. The molecule has 0 spiro atoms. The van der Waals surface area contributed by atoms with E-state index in [1.165, 1.54) is 24.8 Å². The first-order valence-corrected chi connectivity index (χ1v) is 7.18. The highest BCUT2D eigenvalue weighted by Gasteiger charge is 2.27. The summed E-state index contributed by atoms with van der Waals surface area (Å²) in [7, 11) is 1.72. The summed E-state index contributed by atoms with van der Waals surface area (Å²) >= 11 is 6.09. The van der Waals surface area contributed by atoms with E-state index in [-0.39, 0.29) is 0 Å². The molecule has 1 aliphatic carbocycles. The van der Waals surface area contributed by atoms with Crippen LogP contribution in [-0.2, 0) is 6.42 Å². The first-order valence-electron chi connectivity index (χ1n) is 6.80. The highest BCUT2D eigenvalue weighted by Crippen LogP contribution is 2.33. The van der Waals surface area contributed by atoms with Crippen molar-refractivity contribution in [3.05, 3.63) is 28.8 Å². The summed E-state index contributed by atoms with van der Waals surface area (Å²) in [6.45, 7) is 3.19. The third-order valence-electron chi connectivity index (χ3n) is 3.87. The monoisotopic (exact) mass is 267 g/mol. The summed E-state index contributed by atoms with van der Waals surface area (Å²) in [5, 5.41) is 4.39. The quantitative estimate of drug-likeness (QED) is 0.849. The number of likely N-dealkylation sites (N-methyl/N-ethyl adjacent to an activating group) is 1. The zero-order valence-electron chi connectivity index (χ0n) is 11.2. The number of hydrogen-bond acceptors (Lipinski definition) is 2. The minimum atomic E-state index is 0.552. The van der Waals surface area contributed by atoms with Crippen LogP contribution in [0.15, 0.2) is 18.2 Å². The van der Waals surface area contributed by atoms with Crippen molar-refractivity contribution in [1.29, 1.82) is 0 Å². The van der Waals surface area contributed by atoms with Crippen LogP contribution >= 0.6 is 11.6 Å². The first kappa shape index (κ1) is 13.7. The van der Waals surface area contributed by atoms with Gasteiger partial charge in [-0.2, -0.15) is 0 Å². The standard InChI is InChI=1S/C15H22ClNO/c1-3-17-14(11-5-4-6-11)10-12-9-13(16)7-8-15(12)18-2/h7-9,11,14,17H,3-6,10H2,1-2H3. The van der Waals surface area contributed by atoms with E-state index in [0.717, 1.165) is 29.7 Å². The molecule has 0 aliphatic heterocycles. The van der Waals surface area contributed by atoms with Crippen LogP contribution < -0.4 is 10.1 Å². The van der Waals surface area contributed by atoms with Crippen molar-refractivity contribution in [3.63, 3.8) is 0 Å². The van der Waals surface area contributed by atoms with Gasteiger partial charge in [0.2, 0.25) is 0 Å². The van der Waals surface area contributed by atoms with Crippen molar-refractivity contribution in [3.8, 4) is 5.75 Å². The van der Waals surface area contributed by atoms with E-state index in [1.807, 2.05) is 18.2 Å². The Morgan fingerprint density at radius 3 is 2.78 bits per heavy atom. The maximum absolute atomic E-state index is 6.09. The Bertz CT molecular complexity index is 390. The molecular weight excluding hydrogens is 246 g/mol. The van der Waals surface area contributed by atoms with E-state index in [0.29, 0.717) is 6.04 Å². The van der Waals surface area contributed by atoms with Crippen LogP contribution in [-0.4, -0.2) is 19.7 Å². The maximum Gasteiger partial charge on any atom is 0.122 e. The molecule has 0 aromatic heterocycles. The molecule has 1 fully saturated rings. The van der Waals surface area contributed by atoms with E-state index >= 15 is 0 Å². The summed E-state index contributed by atoms with van der Waals surface area (Å²) < 4.78 is 5.42. The molecule has 1 aromatic rings. The van der Waals surface area contributed by atoms with Gasteiger partial charge in [-0.05, 0) is 55.5 Å². The van der Waals surface area contributed by atoms with Gasteiger partial charge in [-0.1, -0.05) is 24.9 Å². The summed E-state index contributed by atoms with van der Waals surface area (Å²) in [5.41, 5.74) is 1.21. The van der Waals surface area contributed by atoms with Crippen molar-refractivity contribution >= 4 is 11.6 Å². The zero-order chi connectivity index (χ0) is 13.0. The fraction of sp³-hybridized carbons (Fsp3) is 0.600. The van der Waals surface area contributed by atoms with Crippen LogP contribution in [0.2, 0.25) is 5.02 Å². The Kier molecular flexibility index (Phi) is 4.90. The number of methoxy groups -OCH3 is 1. The molecule has 1 aliphatic rings. The van der Waals surface area contributed by atoms with E-state index < -0.39 is 0 Å². The smallest absolute Gasteiger partial charge is 0.122 e. The van der Waals surface area contributed by atoms with Gasteiger partial charge in [0.1, 0.15) is 5.75 Å². The van der Waals surface area contributed by atoms with Crippen molar-refractivity contribution in [2.24, 2.45) is 5.92 Å². The topological polar surface area (TPSA) is 21.3 Å². The lowest BCUT2D eigenvalue weighted by atomic mass is 9.77. The summed E-state index contributed by atoms with van der Waals surface area (Å²) in [4.78, 5) is 0. The second-order valence-corrected chi connectivity index (χ2v) is 5.45. The van der Waals surface area contributed by atoms with E-state index in [4.69, 9.17) is 16.3 Å². The third kappa shape index (κ3) is 3.18. The number of ether oxygens (including phenoxy) is 1. The van der Waals surface area contributed by atoms with Crippen LogP contribution in [0, 0.1) is 5.92 Å². The molecule has 0 bridgehead atoms. The predicted octanol–water partition coefficient (Wildman–Crippen LogP) is 3.67. The minimum Gasteiger partial charge on any atom is -0.496 e. The molecule has 0 amide bonds. The predicted molar refractivity (Wildman–Crippen MR) is 76.5 cm³/mol. The summed E-state index contributed by atoms with van der Waals surface area (Å²) in [6.07, 6.45) is 5.07. The SMILES string of the molecule is CCNC(Cc1cc(Cl)ccc1OC)C1CCC1. The first-order chi connectivity index (χ1) is 8.74. The van der Waals surface area contributed by atoms with Gasteiger partial charge < -0.3 is 10.1 Å². The summed E-state index contributed by atoms with van der Waals surface area (Å²) in [6, 6.07) is 6.43. The minimum absolute atomic E-state index is 0.552. The van der Waals surface area contributed by atoms with Crippen molar-refractivity contribution < 1.29 is 4.74 Å². The van der Waals surface area contributed by atoms with Crippen LogP contribution in [0.3, 0.4) is 0 Å². The Balaban J connectivity index is 2.11. The molecule has 0 radical (unpaired) electrons. The number of nitrogens with one attached hydrogen (secondary N) is 1. The highest BCUT2D eigenvalue weighted by atomic mass is 35.5. The largest absolute Gasteiger partial charge is 0.496 e. The Morgan fingerprint density at radius 2 is 2.22 bits per heavy atom. The average molecular weight is 268 g/mol. The molecule has 100 valence electrons. The molecule has 3 heteroatoms. The van der Waals surface area contributed by atoms with E-state index in [9.17, 15) is 0 Å². The molecule has 1 aromatic carbocycles. The summed E-state index contributed by atoms with van der Waals surface area (Å²) in [5.74, 6) is 1.76. The van der Waals surface area contributed by atoms with Gasteiger partial charge in [-0.3, -0.25) is 0 Å². The highest BCUT2D eigenvalue weighted by molar-refractivity contribution is 6.30. The van der Waals surface area contributed by atoms with Gasteiger partial charge in [0.05, 0.1) is 7.11 Å². The molecule has 0 heterocycles. The fourth-order valence-corrected chi connectivity index (χ4v) is 2.85. The molecule has 2 nitrogen and oxygen atoms in total. The van der Waals surface area contributed by atoms with Gasteiger partial charge >= 0.3 is 0 Å². The Labute approximate surface area is 115 Å².